The van der Waals surface area contributed by atoms with Crippen molar-refractivity contribution in [1.29, 1.82) is 0 Å². The van der Waals surface area contributed by atoms with Gasteiger partial charge in [0, 0.05) is 19.3 Å². The minimum absolute atomic E-state index is 0.343. The van der Waals surface area contributed by atoms with E-state index in [9.17, 15) is 4.79 Å². The highest BCUT2D eigenvalue weighted by Crippen LogP contribution is 2.28. The molecule has 0 radical (unpaired) electrons. The number of rotatable bonds is 4. The van der Waals surface area contributed by atoms with Crippen LogP contribution in [0.15, 0.2) is 0 Å². The molecule has 0 unspecified atom stereocenters. The molecule has 2 heteroatoms. The molecule has 0 N–H and O–H groups in total. The van der Waals surface area contributed by atoms with Crippen LogP contribution in [0.2, 0.25) is 0 Å². The van der Waals surface area contributed by atoms with Gasteiger partial charge in [0.05, 0.1) is 0 Å². The summed E-state index contributed by atoms with van der Waals surface area (Å²) in [7, 11) is 0. The average molecular weight is 196 g/mol. The van der Waals surface area contributed by atoms with Crippen LogP contribution in [0.3, 0.4) is 0 Å². The first-order chi connectivity index (χ1) is 6.63. The predicted octanol–water partition coefficient (Wildman–Crippen LogP) is 2.26. The molecular formula is C12H22NO+. The van der Waals surface area contributed by atoms with Crippen molar-refractivity contribution in [3.63, 3.8) is 0 Å². The van der Waals surface area contributed by atoms with Crippen molar-refractivity contribution in [2.24, 2.45) is 5.92 Å². The van der Waals surface area contributed by atoms with Crippen molar-refractivity contribution >= 4 is 12.5 Å². The van der Waals surface area contributed by atoms with E-state index in [1.54, 1.807) is 6.92 Å². The topological polar surface area (TPSA) is 20.1 Å². The van der Waals surface area contributed by atoms with Crippen molar-refractivity contribution in [2.45, 2.75) is 52.0 Å². The summed E-state index contributed by atoms with van der Waals surface area (Å²) < 4.78 is 2.18. The summed E-state index contributed by atoms with van der Waals surface area (Å²) in [6.07, 6.45) is 5.63. The number of carbonyl (C=O) groups is 1. The maximum Gasteiger partial charge on any atom is 0.152 e. The van der Waals surface area contributed by atoms with Crippen LogP contribution in [0.4, 0.5) is 0 Å². The summed E-state index contributed by atoms with van der Waals surface area (Å²) in [6, 6.07) is 0.656. The summed E-state index contributed by atoms with van der Waals surface area (Å²) >= 11 is 0. The molecule has 0 amide bonds. The van der Waals surface area contributed by atoms with Gasteiger partial charge in [-0.25, -0.2) is 4.58 Å². The molecular weight excluding hydrogens is 174 g/mol. The van der Waals surface area contributed by atoms with E-state index < -0.39 is 0 Å². The predicted molar refractivity (Wildman–Crippen MR) is 59.0 cm³/mol. The van der Waals surface area contributed by atoms with Gasteiger partial charge < -0.3 is 4.79 Å². The monoisotopic (exact) mass is 196 g/mol. The third-order valence-electron chi connectivity index (χ3n) is 3.31. The number of Topliss-reactive ketones (excluding diaryl/α,β-unsaturated/α-hetero) is 1. The lowest BCUT2D eigenvalue weighted by Crippen LogP contribution is -2.30. The molecule has 0 heterocycles. The van der Waals surface area contributed by atoms with Crippen molar-refractivity contribution < 1.29 is 9.37 Å². The highest BCUT2D eigenvalue weighted by Gasteiger charge is 2.26. The zero-order valence-corrected chi connectivity index (χ0v) is 9.46. The molecule has 2 nitrogen and oxygen atoms in total. The van der Waals surface area contributed by atoms with Crippen molar-refractivity contribution in [3.8, 4) is 0 Å². The minimum atomic E-state index is 0.343. The van der Waals surface area contributed by atoms with Crippen LogP contribution >= 0.6 is 0 Å². The Morgan fingerprint density at radius 3 is 2.36 bits per heavy atom. The van der Waals surface area contributed by atoms with E-state index in [2.05, 4.69) is 18.2 Å². The number of hydrogen-bond acceptors (Lipinski definition) is 1. The Hall–Kier alpha value is -0.660. The lowest BCUT2D eigenvalue weighted by Gasteiger charge is -2.25. The van der Waals surface area contributed by atoms with Gasteiger partial charge in [-0.2, -0.15) is 0 Å². The zero-order valence-electron chi connectivity index (χ0n) is 9.46. The van der Waals surface area contributed by atoms with Crippen LogP contribution in [0.5, 0.6) is 0 Å². The number of nitrogens with zero attached hydrogens (tertiary/aromatic N) is 1. The summed E-state index contributed by atoms with van der Waals surface area (Å²) in [4.78, 5) is 11.0. The quantitative estimate of drug-likeness (QED) is 0.499. The SMILES string of the molecule is C=[N+](CC)C1CCC(CC(C)=O)CC1. The van der Waals surface area contributed by atoms with Gasteiger partial charge in [0.1, 0.15) is 19.0 Å². The Bertz CT molecular complexity index is 214. The molecule has 14 heavy (non-hydrogen) atoms. The summed E-state index contributed by atoms with van der Waals surface area (Å²) in [5.74, 6) is 0.990. The molecule has 0 spiro atoms. The maximum absolute atomic E-state index is 11.0. The highest BCUT2D eigenvalue weighted by molar-refractivity contribution is 5.75. The van der Waals surface area contributed by atoms with Crippen LogP contribution in [0.1, 0.15) is 46.0 Å². The summed E-state index contributed by atoms with van der Waals surface area (Å²) in [5, 5.41) is 0. The average Bonchev–Trinajstić information content (AvgIpc) is 2.17. The second-order valence-electron chi connectivity index (χ2n) is 4.49. The molecule has 80 valence electrons. The molecule has 1 aliphatic carbocycles. The van der Waals surface area contributed by atoms with E-state index in [0.717, 1.165) is 13.0 Å². The van der Waals surface area contributed by atoms with Crippen LogP contribution in [-0.4, -0.2) is 29.7 Å². The molecule has 0 aliphatic heterocycles. The molecule has 1 fully saturated rings. The van der Waals surface area contributed by atoms with E-state index in [1.165, 1.54) is 25.7 Å². The van der Waals surface area contributed by atoms with Gasteiger partial charge in [0.25, 0.3) is 0 Å². The fourth-order valence-corrected chi connectivity index (χ4v) is 2.38. The summed E-state index contributed by atoms with van der Waals surface area (Å²) in [6.45, 7) is 8.91. The van der Waals surface area contributed by atoms with Gasteiger partial charge in [0.2, 0.25) is 0 Å². The van der Waals surface area contributed by atoms with Crippen molar-refractivity contribution in [1.82, 2.24) is 0 Å². The molecule has 1 aliphatic rings. The minimum Gasteiger partial charge on any atom is -0.300 e. The largest absolute Gasteiger partial charge is 0.300 e. The van der Waals surface area contributed by atoms with Crippen LogP contribution in [0.25, 0.3) is 0 Å². The van der Waals surface area contributed by atoms with Gasteiger partial charge >= 0.3 is 0 Å². The van der Waals surface area contributed by atoms with Crippen LogP contribution in [-0.2, 0) is 4.79 Å². The van der Waals surface area contributed by atoms with E-state index >= 15 is 0 Å². The Morgan fingerprint density at radius 2 is 1.93 bits per heavy atom. The van der Waals surface area contributed by atoms with E-state index in [0.29, 0.717) is 17.7 Å². The molecule has 1 rings (SSSR count). The standard InChI is InChI=1S/C12H22NO/c1-4-13(3)12-7-5-11(6-8-12)9-10(2)14/h11-12H,3-9H2,1-2H3/q+1. The number of ketones is 1. The fraction of sp³-hybridized carbons (Fsp3) is 0.833. The molecule has 0 atom stereocenters. The molecule has 1 saturated carbocycles. The second-order valence-corrected chi connectivity index (χ2v) is 4.49. The number of carbonyl (C=O) groups excluding carboxylic acids is 1. The first kappa shape index (κ1) is 11.4. The van der Waals surface area contributed by atoms with E-state index in [-0.39, 0.29) is 0 Å². The smallest absolute Gasteiger partial charge is 0.152 e. The van der Waals surface area contributed by atoms with Gasteiger partial charge in [-0.1, -0.05) is 0 Å². The van der Waals surface area contributed by atoms with Gasteiger partial charge in [-0.3, -0.25) is 0 Å². The fourth-order valence-electron chi connectivity index (χ4n) is 2.38. The zero-order chi connectivity index (χ0) is 10.6. The molecule has 0 bridgehead atoms. The summed E-state index contributed by atoms with van der Waals surface area (Å²) in [5.41, 5.74) is 0. The van der Waals surface area contributed by atoms with Crippen LogP contribution in [0, 0.1) is 5.92 Å². The highest BCUT2D eigenvalue weighted by atomic mass is 16.1. The van der Waals surface area contributed by atoms with Crippen molar-refractivity contribution in [2.75, 3.05) is 6.54 Å². The van der Waals surface area contributed by atoms with Gasteiger partial charge in [0.15, 0.2) is 6.04 Å². The first-order valence-corrected chi connectivity index (χ1v) is 5.70. The molecule has 0 aromatic heterocycles. The lowest BCUT2D eigenvalue weighted by atomic mass is 9.83. The maximum atomic E-state index is 11.0. The molecule has 0 aromatic carbocycles. The lowest BCUT2D eigenvalue weighted by molar-refractivity contribution is -0.559. The van der Waals surface area contributed by atoms with E-state index in [1.807, 2.05) is 0 Å². The third-order valence-corrected chi connectivity index (χ3v) is 3.31. The van der Waals surface area contributed by atoms with Gasteiger partial charge in [-0.05, 0) is 32.6 Å². The van der Waals surface area contributed by atoms with Crippen LogP contribution < -0.4 is 0 Å². The number of hydrogen-bond donors (Lipinski definition) is 0. The Kier molecular flexibility index (Phi) is 4.30. The Balaban J connectivity index is 2.31. The molecule has 0 saturated heterocycles. The normalized spacial score (nSPS) is 27.3. The Morgan fingerprint density at radius 1 is 1.36 bits per heavy atom. The second kappa shape index (κ2) is 5.28. The molecule has 0 aromatic rings. The van der Waals surface area contributed by atoms with Crippen molar-refractivity contribution in [3.05, 3.63) is 0 Å². The van der Waals surface area contributed by atoms with Gasteiger partial charge in [-0.15, -0.1) is 0 Å². The third kappa shape index (κ3) is 3.24. The van der Waals surface area contributed by atoms with E-state index in [4.69, 9.17) is 0 Å². The first-order valence-electron chi connectivity index (χ1n) is 5.70. The Labute approximate surface area is 87.0 Å².